The molecule has 10 heteroatoms. The molecule has 1 N–H and O–H groups in total. The minimum absolute atomic E-state index is 0.0530. The van der Waals surface area contributed by atoms with Crippen LogP contribution in [0.2, 0.25) is 43.8 Å². The molecule has 208 valence electrons. The van der Waals surface area contributed by atoms with Gasteiger partial charge in [-0.2, -0.15) is 9.49 Å². The maximum Gasteiger partial charge on any atom is 0.212 e. The van der Waals surface area contributed by atoms with Crippen molar-refractivity contribution >= 4 is 22.2 Å². The topological polar surface area (TPSA) is 74.1 Å². The number of rotatable bonds is 13. The smallest absolute Gasteiger partial charge is 0.212 e. The second-order valence-corrected chi connectivity index (χ2v) is 22.9. The van der Waals surface area contributed by atoms with Gasteiger partial charge in [0.15, 0.2) is 8.32 Å². The molecule has 7 nitrogen and oxygen atoms in total. The molecule has 0 aliphatic rings. The minimum atomic E-state index is -2.07. The molecule has 3 aromatic heterocycles. The number of nitrogens with zero attached hydrogens (tertiary/aromatic N) is 4. The molecule has 0 aliphatic heterocycles. The van der Waals surface area contributed by atoms with Crippen molar-refractivity contribution in [1.82, 2.24) is 19.7 Å². The first kappa shape index (κ1) is 30.1. The van der Waals surface area contributed by atoms with Crippen molar-refractivity contribution in [1.29, 1.82) is 0 Å². The molecule has 0 saturated heterocycles. The van der Waals surface area contributed by atoms with Gasteiger partial charge in [-0.05, 0) is 54.4 Å². The monoisotopic (exact) mass is 557 g/mol. The van der Waals surface area contributed by atoms with Crippen LogP contribution in [-0.2, 0) is 15.9 Å². The van der Waals surface area contributed by atoms with E-state index < -0.39 is 22.3 Å². The Morgan fingerprint density at radius 1 is 1.05 bits per heavy atom. The van der Waals surface area contributed by atoms with E-state index in [9.17, 15) is 4.39 Å². The Morgan fingerprint density at radius 3 is 2.37 bits per heavy atom. The van der Waals surface area contributed by atoms with E-state index >= 15 is 0 Å². The maximum atomic E-state index is 13.6. The number of ether oxygens (including phenoxy) is 1. The summed E-state index contributed by atoms with van der Waals surface area (Å²) in [6.07, 6.45) is 5.63. The van der Waals surface area contributed by atoms with Crippen molar-refractivity contribution in [2.45, 2.75) is 83.8 Å². The van der Waals surface area contributed by atoms with Crippen molar-refractivity contribution in [3.05, 3.63) is 60.4 Å². The molecular weight excluding hydrogens is 514 g/mol. The van der Waals surface area contributed by atoms with Gasteiger partial charge in [0.25, 0.3) is 0 Å². The van der Waals surface area contributed by atoms with E-state index in [1.54, 1.807) is 24.7 Å². The Hall–Kier alpha value is -2.41. The number of pyridine rings is 2. The lowest BCUT2D eigenvalue weighted by molar-refractivity contribution is 0.0801. The molecule has 0 amide bonds. The number of hydrogen-bond acceptors (Lipinski definition) is 6. The van der Waals surface area contributed by atoms with Crippen LogP contribution in [0.15, 0.2) is 48.9 Å². The van der Waals surface area contributed by atoms with Gasteiger partial charge in [0.05, 0.1) is 11.8 Å². The fourth-order valence-electron chi connectivity index (χ4n) is 3.59. The molecule has 1 atom stereocenters. The number of anilines is 1. The Kier molecular flexibility index (Phi) is 10.0. The van der Waals surface area contributed by atoms with Gasteiger partial charge in [-0.15, -0.1) is 0 Å². The molecule has 1 unspecified atom stereocenters. The van der Waals surface area contributed by atoms with E-state index in [-0.39, 0.29) is 11.1 Å². The zero-order valence-electron chi connectivity index (χ0n) is 24.2. The minimum Gasteiger partial charge on any atom is -0.410 e. The average molecular weight is 558 g/mol. The average Bonchev–Trinajstić information content (AvgIpc) is 3.24. The van der Waals surface area contributed by atoms with Crippen LogP contribution in [0.4, 0.5) is 10.2 Å². The Labute approximate surface area is 229 Å². The van der Waals surface area contributed by atoms with E-state index in [1.165, 1.54) is 6.07 Å². The molecular formula is C28H44FN5O2Si2. The second-order valence-electron chi connectivity index (χ2n) is 12.5. The van der Waals surface area contributed by atoms with Crippen LogP contribution in [-0.4, -0.2) is 49.3 Å². The highest BCUT2D eigenvalue weighted by Crippen LogP contribution is 2.40. The van der Waals surface area contributed by atoms with Crippen LogP contribution in [0.3, 0.4) is 0 Å². The molecule has 0 bridgehead atoms. The lowest BCUT2D eigenvalue weighted by Gasteiger charge is -2.39. The number of halogens is 1. The lowest BCUT2D eigenvalue weighted by Crippen LogP contribution is -2.42. The number of hydrogen-bond donors (Lipinski definition) is 1. The fraction of sp³-hybridized carbons (Fsp3) is 0.536. The highest BCUT2D eigenvalue weighted by atomic mass is 28.4. The van der Waals surface area contributed by atoms with Crippen molar-refractivity contribution in [3.8, 4) is 11.3 Å². The van der Waals surface area contributed by atoms with Crippen LogP contribution >= 0.6 is 0 Å². The van der Waals surface area contributed by atoms with Crippen LogP contribution in [0.25, 0.3) is 11.3 Å². The molecule has 0 fully saturated rings. The molecule has 0 saturated carbocycles. The van der Waals surface area contributed by atoms with Crippen LogP contribution in [0.1, 0.15) is 38.9 Å². The summed E-state index contributed by atoms with van der Waals surface area (Å²) in [5.74, 6) is 0.396. The predicted molar refractivity (Wildman–Crippen MR) is 158 cm³/mol. The van der Waals surface area contributed by atoms with Crippen molar-refractivity contribution < 1.29 is 13.6 Å². The van der Waals surface area contributed by atoms with Gasteiger partial charge in [0.1, 0.15) is 12.5 Å². The van der Waals surface area contributed by atoms with E-state index in [2.05, 4.69) is 68.8 Å². The highest BCUT2D eigenvalue weighted by molar-refractivity contribution is 6.76. The van der Waals surface area contributed by atoms with Crippen LogP contribution in [0, 0.1) is 5.95 Å². The third kappa shape index (κ3) is 8.82. The largest absolute Gasteiger partial charge is 0.410 e. The normalized spacial score (nSPS) is 13.5. The molecule has 38 heavy (non-hydrogen) atoms. The van der Waals surface area contributed by atoms with Crippen molar-refractivity contribution in [2.75, 3.05) is 18.5 Å². The molecule has 0 radical (unpaired) electrons. The molecule has 3 rings (SSSR count). The lowest BCUT2D eigenvalue weighted by atomic mass is 10.1. The van der Waals surface area contributed by atoms with Gasteiger partial charge >= 0.3 is 0 Å². The van der Waals surface area contributed by atoms with E-state index in [0.717, 1.165) is 35.3 Å². The highest BCUT2D eigenvalue weighted by Gasteiger charge is 2.39. The summed E-state index contributed by atoms with van der Waals surface area (Å²) in [5.41, 5.74) is 2.75. The summed E-state index contributed by atoms with van der Waals surface area (Å²) in [4.78, 5) is 8.01. The Morgan fingerprint density at radius 2 is 1.76 bits per heavy atom. The van der Waals surface area contributed by atoms with Crippen LogP contribution < -0.4 is 5.32 Å². The summed E-state index contributed by atoms with van der Waals surface area (Å²) in [6.45, 7) is 19.9. The van der Waals surface area contributed by atoms with E-state index in [1.807, 2.05) is 22.9 Å². The van der Waals surface area contributed by atoms with Gasteiger partial charge in [0, 0.05) is 51.4 Å². The first-order chi connectivity index (χ1) is 17.7. The van der Waals surface area contributed by atoms with Crippen molar-refractivity contribution in [3.63, 3.8) is 0 Å². The van der Waals surface area contributed by atoms with Gasteiger partial charge in [-0.3, -0.25) is 4.98 Å². The van der Waals surface area contributed by atoms with E-state index in [4.69, 9.17) is 14.3 Å². The molecule has 0 aromatic carbocycles. The molecule has 0 spiro atoms. The molecule has 0 aliphatic carbocycles. The quantitative estimate of drug-likeness (QED) is 0.134. The number of aromatic nitrogens is 4. The second kappa shape index (κ2) is 12.6. The summed E-state index contributed by atoms with van der Waals surface area (Å²) < 4.78 is 28.2. The summed E-state index contributed by atoms with van der Waals surface area (Å²) in [6, 6.07) is 10.2. The molecule has 3 heterocycles. The Balaban J connectivity index is 1.76. The third-order valence-corrected chi connectivity index (χ3v) is 13.2. The number of nitrogens with one attached hydrogen (secondary N) is 1. The summed E-state index contributed by atoms with van der Waals surface area (Å²) in [5, 5.41) is 8.41. The van der Waals surface area contributed by atoms with Gasteiger partial charge < -0.3 is 14.5 Å². The first-order valence-corrected chi connectivity index (χ1v) is 20.0. The zero-order valence-corrected chi connectivity index (χ0v) is 26.2. The van der Waals surface area contributed by atoms with Gasteiger partial charge in [-0.25, -0.2) is 9.67 Å². The Bertz CT molecular complexity index is 1140. The van der Waals surface area contributed by atoms with Crippen molar-refractivity contribution in [2.24, 2.45) is 0 Å². The summed E-state index contributed by atoms with van der Waals surface area (Å²) in [7, 11) is -3.25. The fourth-order valence-corrected chi connectivity index (χ4v) is 5.66. The van der Waals surface area contributed by atoms with E-state index in [0.29, 0.717) is 19.7 Å². The SMILES string of the molecule is CC(C)(C)[Si](C)(C)OC(CCNc1cc(-c2ccncc2)nn1COCC[Si](C)(C)C)c1ccc(F)nc1. The van der Waals surface area contributed by atoms with Gasteiger partial charge in [-0.1, -0.05) is 46.5 Å². The maximum absolute atomic E-state index is 13.6. The zero-order chi connectivity index (χ0) is 28.0. The van der Waals surface area contributed by atoms with Crippen LogP contribution in [0.5, 0.6) is 0 Å². The summed E-state index contributed by atoms with van der Waals surface area (Å²) >= 11 is 0. The third-order valence-electron chi connectivity index (χ3n) is 7.04. The first-order valence-electron chi connectivity index (χ1n) is 13.3. The predicted octanol–water partition coefficient (Wildman–Crippen LogP) is 7.36. The molecule has 3 aromatic rings. The van der Waals surface area contributed by atoms with Gasteiger partial charge in [0.2, 0.25) is 5.95 Å². The standard InChI is InChI=1S/C28H44FN5O2Si2/c1-28(2,3)38(7,8)36-25(23-9-10-26(29)32-20-23)13-16-31-27-19-24(22-11-14-30-15-12-22)33-34(27)21-35-17-18-37(4,5)6/h9-12,14-15,19-20,25,31H,13,16-18,21H2,1-8H3.